The zero-order valence-corrected chi connectivity index (χ0v) is 12.4. The third-order valence-electron chi connectivity index (χ3n) is 3.95. The molecule has 0 atom stereocenters. The van der Waals surface area contributed by atoms with E-state index < -0.39 is 15.8 Å². The van der Waals surface area contributed by atoms with Crippen LogP contribution < -0.4 is 0 Å². The lowest BCUT2D eigenvalue weighted by Crippen LogP contribution is -2.23. The lowest BCUT2D eigenvalue weighted by molar-refractivity contribution is 0.0693. The number of aryl methyl sites for hydroxylation is 1. The maximum atomic E-state index is 11.5. The molecule has 6 nitrogen and oxygen atoms in total. The van der Waals surface area contributed by atoms with Gasteiger partial charge in [0.25, 0.3) is 0 Å². The van der Waals surface area contributed by atoms with Gasteiger partial charge in [0.15, 0.2) is 5.69 Å². The Morgan fingerprint density at radius 3 is 2.67 bits per heavy atom. The van der Waals surface area contributed by atoms with Crippen LogP contribution in [0.3, 0.4) is 0 Å². The topological polar surface area (TPSA) is 88.7 Å². The SMILES string of the molecule is Cc1ccn2c(C3CCS(=O)(=O)CC3)nc(C(=O)O)c2c1. The Labute approximate surface area is 122 Å². The third-order valence-corrected chi connectivity index (χ3v) is 5.66. The standard InChI is InChI=1S/C14H16N2O4S/c1-9-2-5-16-11(8-9)12(14(17)18)15-13(16)10-3-6-21(19,20)7-4-10/h2,5,8,10H,3-4,6-7H2,1H3,(H,17,18). The average molecular weight is 308 g/mol. The van der Waals surface area contributed by atoms with Crippen LogP contribution >= 0.6 is 0 Å². The van der Waals surface area contributed by atoms with Crippen LogP contribution in [0, 0.1) is 6.92 Å². The number of carboxylic acid groups (broad SMARTS) is 1. The molecule has 21 heavy (non-hydrogen) atoms. The summed E-state index contributed by atoms with van der Waals surface area (Å²) in [7, 11) is -2.95. The normalized spacial score (nSPS) is 18.9. The van der Waals surface area contributed by atoms with Crippen molar-refractivity contribution in [1.29, 1.82) is 0 Å². The summed E-state index contributed by atoms with van der Waals surface area (Å²) in [4.78, 5) is 15.6. The highest BCUT2D eigenvalue weighted by Gasteiger charge is 2.29. The number of rotatable bonds is 2. The summed E-state index contributed by atoms with van der Waals surface area (Å²) in [6.07, 6.45) is 2.80. The molecule has 0 bridgehead atoms. The van der Waals surface area contributed by atoms with Gasteiger partial charge in [0.1, 0.15) is 15.7 Å². The van der Waals surface area contributed by atoms with Crippen molar-refractivity contribution in [3.8, 4) is 0 Å². The second-order valence-electron chi connectivity index (χ2n) is 5.51. The second-order valence-corrected chi connectivity index (χ2v) is 7.81. The number of aromatic carboxylic acids is 1. The van der Waals surface area contributed by atoms with Crippen LogP contribution in [0.2, 0.25) is 0 Å². The van der Waals surface area contributed by atoms with Crippen molar-refractivity contribution in [2.45, 2.75) is 25.7 Å². The van der Waals surface area contributed by atoms with Crippen molar-refractivity contribution in [3.63, 3.8) is 0 Å². The number of pyridine rings is 1. The van der Waals surface area contributed by atoms with E-state index in [-0.39, 0.29) is 23.1 Å². The van der Waals surface area contributed by atoms with Crippen molar-refractivity contribution < 1.29 is 18.3 Å². The van der Waals surface area contributed by atoms with Crippen LogP contribution in [0.5, 0.6) is 0 Å². The van der Waals surface area contributed by atoms with Crippen LogP contribution in [0.1, 0.15) is 40.6 Å². The van der Waals surface area contributed by atoms with Crippen LogP contribution in [0.15, 0.2) is 18.3 Å². The minimum absolute atomic E-state index is 0.0168. The summed E-state index contributed by atoms with van der Waals surface area (Å²) < 4.78 is 24.8. The second kappa shape index (κ2) is 4.84. The first kappa shape index (κ1) is 14.1. The molecule has 0 aliphatic carbocycles. The Kier molecular flexibility index (Phi) is 3.24. The van der Waals surface area contributed by atoms with Crippen LogP contribution in [0.4, 0.5) is 0 Å². The summed E-state index contributed by atoms with van der Waals surface area (Å²) in [6, 6.07) is 3.68. The Bertz CT molecular complexity index is 809. The van der Waals surface area contributed by atoms with Gasteiger partial charge in [-0.25, -0.2) is 18.2 Å². The molecule has 1 saturated heterocycles. The molecule has 2 aromatic heterocycles. The number of carbonyl (C=O) groups is 1. The smallest absolute Gasteiger partial charge is 0.356 e. The fourth-order valence-corrected chi connectivity index (χ4v) is 4.30. The molecule has 1 fully saturated rings. The molecule has 1 N–H and O–H groups in total. The first-order valence-corrected chi connectivity index (χ1v) is 8.62. The lowest BCUT2D eigenvalue weighted by atomic mass is 10.0. The van der Waals surface area contributed by atoms with E-state index in [1.54, 1.807) is 10.5 Å². The third kappa shape index (κ3) is 2.53. The molecule has 0 spiro atoms. The predicted octanol–water partition coefficient (Wildman–Crippen LogP) is 1.63. The maximum absolute atomic E-state index is 11.5. The molecule has 0 saturated carbocycles. The molecule has 0 unspecified atom stereocenters. The highest BCUT2D eigenvalue weighted by molar-refractivity contribution is 7.91. The lowest BCUT2D eigenvalue weighted by Gasteiger charge is -2.20. The Hall–Kier alpha value is -1.89. The predicted molar refractivity (Wildman–Crippen MR) is 77.5 cm³/mol. The van der Waals surface area contributed by atoms with Gasteiger partial charge < -0.3 is 9.51 Å². The first-order chi connectivity index (χ1) is 9.87. The summed E-state index contributed by atoms with van der Waals surface area (Å²) in [5.74, 6) is -0.149. The van der Waals surface area contributed by atoms with Crippen molar-refractivity contribution in [1.82, 2.24) is 9.38 Å². The van der Waals surface area contributed by atoms with E-state index in [1.807, 2.05) is 19.2 Å². The monoisotopic (exact) mass is 308 g/mol. The summed E-state index contributed by atoms with van der Waals surface area (Å²) in [5, 5.41) is 9.30. The molecule has 7 heteroatoms. The number of hydrogen-bond donors (Lipinski definition) is 1. The zero-order chi connectivity index (χ0) is 15.2. The zero-order valence-electron chi connectivity index (χ0n) is 11.6. The summed E-state index contributed by atoms with van der Waals surface area (Å²) >= 11 is 0. The van der Waals surface area contributed by atoms with Crippen LogP contribution in [-0.2, 0) is 9.84 Å². The fourth-order valence-electron chi connectivity index (χ4n) is 2.81. The molecule has 2 aromatic rings. The van der Waals surface area contributed by atoms with E-state index in [0.717, 1.165) is 5.56 Å². The minimum Gasteiger partial charge on any atom is -0.476 e. The number of nitrogens with zero attached hydrogens (tertiary/aromatic N) is 2. The molecule has 0 aromatic carbocycles. The molecule has 112 valence electrons. The van der Waals surface area contributed by atoms with Gasteiger partial charge >= 0.3 is 5.97 Å². The van der Waals surface area contributed by atoms with Gasteiger partial charge in [-0.15, -0.1) is 0 Å². The Morgan fingerprint density at radius 2 is 2.05 bits per heavy atom. The van der Waals surface area contributed by atoms with E-state index in [4.69, 9.17) is 0 Å². The van der Waals surface area contributed by atoms with E-state index in [9.17, 15) is 18.3 Å². The van der Waals surface area contributed by atoms with E-state index >= 15 is 0 Å². The van der Waals surface area contributed by atoms with Gasteiger partial charge in [-0.3, -0.25) is 0 Å². The summed E-state index contributed by atoms with van der Waals surface area (Å²) in [5.41, 5.74) is 1.55. The van der Waals surface area contributed by atoms with Crippen molar-refractivity contribution in [2.75, 3.05) is 11.5 Å². The van der Waals surface area contributed by atoms with Gasteiger partial charge in [0.05, 0.1) is 17.0 Å². The van der Waals surface area contributed by atoms with E-state index in [1.165, 1.54) is 0 Å². The van der Waals surface area contributed by atoms with Crippen LogP contribution in [-0.4, -0.2) is 40.4 Å². The largest absolute Gasteiger partial charge is 0.476 e. The number of sulfone groups is 1. The van der Waals surface area contributed by atoms with Crippen molar-refractivity contribution in [3.05, 3.63) is 35.4 Å². The Balaban J connectivity index is 2.09. The van der Waals surface area contributed by atoms with Gasteiger partial charge in [-0.05, 0) is 37.5 Å². The van der Waals surface area contributed by atoms with E-state index in [2.05, 4.69) is 4.98 Å². The number of aromatic nitrogens is 2. The molecule has 1 aliphatic heterocycles. The average Bonchev–Trinajstić information content (AvgIpc) is 2.77. The van der Waals surface area contributed by atoms with E-state index in [0.29, 0.717) is 24.2 Å². The van der Waals surface area contributed by atoms with Gasteiger partial charge in [0, 0.05) is 12.1 Å². The quantitative estimate of drug-likeness (QED) is 0.911. The number of imidazole rings is 1. The van der Waals surface area contributed by atoms with Gasteiger partial charge in [0.2, 0.25) is 0 Å². The fraction of sp³-hybridized carbons (Fsp3) is 0.429. The number of carboxylic acids is 1. The molecule has 3 heterocycles. The van der Waals surface area contributed by atoms with Crippen molar-refractivity contribution in [2.24, 2.45) is 0 Å². The number of hydrogen-bond acceptors (Lipinski definition) is 4. The van der Waals surface area contributed by atoms with Gasteiger partial charge in [-0.2, -0.15) is 0 Å². The van der Waals surface area contributed by atoms with Gasteiger partial charge in [-0.1, -0.05) is 0 Å². The molecule has 1 aliphatic rings. The highest BCUT2D eigenvalue weighted by Crippen LogP contribution is 2.30. The minimum atomic E-state index is -2.95. The first-order valence-electron chi connectivity index (χ1n) is 6.80. The maximum Gasteiger partial charge on any atom is 0.356 e. The highest BCUT2D eigenvalue weighted by atomic mass is 32.2. The molecule has 0 amide bonds. The Morgan fingerprint density at radius 1 is 1.38 bits per heavy atom. The summed E-state index contributed by atoms with van der Waals surface area (Å²) in [6.45, 7) is 1.89. The van der Waals surface area contributed by atoms with Crippen molar-refractivity contribution >= 4 is 21.3 Å². The number of fused-ring (bicyclic) bond motifs is 1. The molecule has 3 rings (SSSR count). The molecule has 0 radical (unpaired) electrons. The van der Waals surface area contributed by atoms with Crippen LogP contribution in [0.25, 0.3) is 5.52 Å². The molecular formula is C14H16N2O4S. The molecular weight excluding hydrogens is 292 g/mol.